The summed E-state index contributed by atoms with van der Waals surface area (Å²) < 4.78 is 0. The van der Waals surface area contributed by atoms with Gasteiger partial charge < -0.3 is 5.32 Å². The zero-order valence-corrected chi connectivity index (χ0v) is 8.65. The van der Waals surface area contributed by atoms with Crippen molar-refractivity contribution in [2.45, 2.75) is 13.8 Å². The minimum Gasteiger partial charge on any atom is -0.662 e. The SMILES string of the molecule is C[N-]CC=C(C)C.[Y+3]. The Balaban J connectivity index is 0. The van der Waals surface area contributed by atoms with Crippen molar-refractivity contribution in [3.05, 3.63) is 17.0 Å². The molecule has 0 aliphatic carbocycles. The topological polar surface area (TPSA) is 14.1 Å². The van der Waals surface area contributed by atoms with Gasteiger partial charge in [0.1, 0.15) is 0 Å². The van der Waals surface area contributed by atoms with E-state index in [-0.39, 0.29) is 32.7 Å². The van der Waals surface area contributed by atoms with Gasteiger partial charge in [-0.25, -0.2) is 0 Å². The maximum atomic E-state index is 3.90. The van der Waals surface area contributed by atoms with Crippen molar-refractivity contribution in [2.75, 3.05) is 13.6 Å². The molecule has 0 N–H and O–H groups in total. The van der Waals surface area contributed by atoms with Gasteiger partial charge in [0.25, 0.3) is 0 Å². The third-order valence-corrected chi connectivity index (χ3v) is 0.682. The molecule has 0 rings (SSSR count). The van der Waals surface area contributed by atoms with E-state index in [4.69, 9.17) is 0 Å². The normalized spacial score (nSPS) is 7.38. The molecule has 0 fully saturated rings. The van der Waals surface area contributed by atoms with E-state index in [2.05, 4.69) is 25.2 Å². The summed E-state index contributed by atoms with van der Waals surface area (Å²) in [5, 5.41) is 3.90. The summed E-state index contributed by atoms with van der Waals surface area (Å²) in [6.45, 7) is 5.01. The number of hydrogen-bond acceptors (Lipinski definition) is 0. The maximum Gasteiger partial charge on any atom is 3.00 e. The fourth-order valence-corrected chi connectivity index (χ4v) is 0.274. The van der Waals surface area contributed by atoms with Crippen LogP contribution >= 0.6 is 0 Å². The fraction of sp³-hybridized carbons (Fsp3) is 0.667. The van der Waals surface area contributed by atoms with Crippen LogP contribution in [0.25, 0.3) is 5.32 Å². The van der Waals surface area contributed by atoms with Gasteiger partial charge in [-0.15, -0.1) is 12.6 Å². The van der Waals surface area contributed by atoms with Crippen LogP contribution in [-0.2, 0) is 32.7 Å². The summed E-state index contributed by atoms with van der Waals surface area (Å²) in [4.78, 5) is 0. The summed E-state index contributed by atoms with van der Waals surface area (Å²) in [6, 6.07) is 0. The number of rotatable bonds is 2. The first-order chi connectivity index (χ1) is 3.27. The van der Waals surface area contributed by atoms with E-state index in [0.717, 1.165) is 6.54 Å². The Bertz CT molecular complexity index is 64.9. The molecular weight excluding hydrogens is 175 g/mol. The summed E-state index contributed by atoms with van der Waals surface area (Å²) in [5.74, 6) is 0. The molecule has 8 heavy (non-hydrogen) atoms. The van der Waals surface area contributed by atoms with Crippen molar-refractivity contribution >= 4 is 0 Å². The van der Waals surface area contributed by atoms with Crippen LogP contribution in [-0.4, -0.2) is 13.6 Å². The Morgan fingerprint density at radius 3 is 2.12 bits per heavy atom. The van der Waals surface area contributed by atoms with Gasteiger partial charge in [-0.05, 0) is 13.8 Å². The van der Waals surface area contributed by atoms with Gasteiger partial charge in [-0.3, -0.25) is 0 Å². The molecule has 0 aromatic rings. The molecule has 1 nitrogen and oxygen atoms in total. The largest absolute Gasteiger partial charge is 3.00 e. The zero-order valence-electron chi connectivity index (χ0n) is 5.81. The smallest absolute Gasteiger partial charge is 0.662 e. The monoisotopic (exact) mass is 187 g/mol. The Morgan fingerprint density at radius 1 is 1.50 bits per heavy atom. The van der Waals surface area contributed by atoms with Crippen LogP contribution in [0.1, 0.15) is 13.8 Å². The number of allylic oxidation sites excluding steroid dienone is 1. The van der Waals surface area contributed by atoms with E-state index in [1.54, 1.807) is 0 Å². The predicted octanol–water partition coefficient (Wildman–Crippen LogP) is 1.95. The molecule has 0 saturated carbocycles. The van der Waals surface area contributed by atoms with Gasteiger partial charge in [0.15, 0.2) is 0 Å². The van der Waals surface area contributed by atoms with Crippen molar-refractivity contribution in [3.8, 4) is 0 Å². The average Bonchev–Trinajstić information content (AvgIpc) is 1.61. The summed E-state index contributed by atoms with van der Waals surface area (Å²) in [5.41, 5.74) is 1.34. The number of likely N-dealkylation sites (N-methyl/N-ethyl adjacent to an activating group) is 1. The molecule has 2 heteroatoms. The summed E-state index contributed by atoms with van der Waals surface area (Å²) in [6.07, 6.45) is 2.10. The third-order valence-electron chi connectivity index (χ3n) is 0.682. The molecule has 0 atom stereocenters. The maximum absolute atomic E-state index is 3.90. The van der Waals surface area contributed by atoms with E-state index < -0.39 is 0 Å². The molecule has 0 aromatic heterocycles. The Kier molecular flexibility index (Phi) is 11.3. The van der Waals surface area contributed by atoms with Crippen molar-refractivity contribution in [1.29, 1.82) is 0 Å². The first-order valence-electron chi connectivity index (χ1n) is 2.46. The minimum atomic E-state index is 0. The van der Waals surface area contributed by atoms with E-state index in [9.17, 15) is 0 Å². The van der Waals surface area contributed by atoms with Crippen LogP contribution in [0.15, 0.2) is 11.6 Å². The second-order valence-electron chi connectivity index (χ2n) is 1.78. The molecule has 0 heterocycles. The molecule has 42 valence electrons. The summed E-state index contributed by atoms with van der Waals surface area (Å²) in [7, 11) is 1.82. The van der Waals surface area contributed by atoms with Crippen LogP contribution in [0.2, 0.25) is 0 Å². The summed E-state index contributed by atoms with van der Waals surface area (Å²) >= 11 is 0. The van der Waals surface area contributed by atoms with E-state index >= 15 is 0 Å². The molecule has 0 spiro atoms. The molecule has 0 aliphatic heterocycles. The minimum absolute atomic E-state index is 0. The van der Waals surface area contributed by atoms with E-state index in [1.165, 1.54) is 5.57 Å². The van der Waals surface area contributed by atoms with Gasteiger partial charge in [-0.2, -0.15) is 7.05 Å². The molecule has 0 saturated heterocycles. The number of nitrogens with zero attached hydrogens (tertiary/aromatic N) is 1. The molecule has 0 radical (unpaired) electrons. The van der Waals surface area contributed by atoms with Crippen molar-refractivity contribution < 1.29 is 32.7 Å². The zero-order chi connectivity index (χ0) is 5.70. The fourth-order valence-electron chi connectivity index (χ4n) is 0.274. The third kappa shape index (κ3) is 9.93. The van der Waals surface area contributed by atoms with Gasteiger partial charge >= 0.3 is 32.7 Å². The first kappa shape index (κ1) is 11.6. The molecular formula is C6H12NY+2. The molecule has 0 amide bonds. The van der Waals surface area contributed by atoms with Crippen LogP contribution in [0.3, 0.4) is 0 Å². The second-order valence-corrected chi connectivity index (χ2v) is 1.78. The second kappa shape index (κ2) is 7.80. The Hall–Kier alpha value is 0.804. The molecule has 0 aromatic carbocycles. The molecule has 0 aliphatic rings. The van der Waals surface area contributed by atoms with E-state index in [1.807, 2.05) is 7.05 Å². The first-order valence-corrected chi connectivity index (χ1v) is 2.46. The van der Waals surface area contributed by atoms with Crippen molar-refractivity contribution in [1.82, 2.24) is 0 Å². The van der Waals surface area contributed by atoms with Crippen molar-refractivity contribution in [3.63, 3.8) is 0 Å². The number of hydrogen-bond donors (Lipinski definition) is 0. The van der Waals surface area contributed by atoms with Crippen LogP contribution in [0.4, 0.5) is 0 Å². The van der Waals surface area contributed by atoms with Gasteiger partial charge in [0.05, 0.1) is 0 Å². The Labute approximate surface area is 76.8 Å². The van der Waals surface area contributed by atoms with Crippen LogP contribution in [0.5, 0.6) is 0 Å². The quantitative estimate of drug-likeness (QED) is 0.586. The average molecular weight is 187 g/mol. The van der Waals surface area contributed by atoms with Crippen LogP contribution < -0.4 is 0 Å². The molecule has 0 bridgehead atoms. The van der Waals surface area contributed by atoms with Crippen molar-refractivity contribution in [2.24, 2.45) is 0 Å². The Morgan fingerprint density at radius 2 is 2.00 bits per heavy atom. The van der Waals surface area contributed by atoms with Gasteiger partial charge in [0, 0.05) is 0 Å². The van der Waals surface area contributed by atoms with Gasteiger partial charge in [0.2, 0.25) is 0 Å². The molecule has 0 unspecified atom stereocenters. The van der Waals surface area contributed by atoms with Crippen LogP contribution in [0, 0.1) is 0 Å². The van der Waals surface area contributed by atoms with Gasteiger partial charge in [-0.1, -0.05) is 5.57 Å². The standard InChI is InChI=1S/C6H12N.Y/c1-6(2)4-5-7-3;/h4H,5H2,1-3H3;/q-1;+3. The predicted molar refractivity (Wildman–Crippen MR) is 33.6 cm³/mol. The van der Waals surface area contributed by atoms with E-state index in [0.29, 0.717) is 0 Å².